The van der Waals surface area contributed by atoms with Gasteiger partial charge in [0.1, 0.15) is 0 Å². The van der Waals surface area contributed by atoms with E-state index in [-0.39, 0.29) is 5.91 Å². The van der Waals surface area contributed by atoms with Gasteiger partial charge in [-0.3, -0.25) is 4.79 Å². The van der Waals surface area contributed by atoms with Gasteiger partial charge in [-0.1, -0.05) is 25.1 Å². The lowest BCUT2D eigenvalue weighted by molar-refractivity contribution is 0.0986. The Labute approximate surface area is 142 Å². The van der Waals surface area contributed by atoms with E-state index < -0.39 is 0 Å². The molecule has 3 nitrogen and oxygen atoms in total. The van der Waals surface area contributed by atoms with E-state index in [0.717, 1.165) is 29.9 Å². The van der Waals surface area contributed by atoms with Gasteiger partial charge in [-0.15, -0.1) is 11.8 Å². The molecule has 1 aliphatic rings. The van der Waals surface area contributed by atoms with Crippen LogP contribution in [0.15, 0.2) is 53.4 Å². The summed E-state index contributed by atoms with van der Waals surface area (Å²) in [7, 11) is 3.98. The number of para-hydroxylation sites is 1. The van der Waals surface area contributed by atoms with Gasteiger partial charge in [-0.25, -0.2) is 0 Å². The summed E-state index contributed by atoms with van der Waals surface area (Å²) >= 11 is 1.85. The second-order valence-electron chi connectivity index (χ2n) is 6.09. The number of thioether (sulfide) groups is 1. The van der Waals surface area contributed by atoms with Gasteiger partial charge in [0.05, 0.1) is 5.69 Å². The van der Waals surface area contributed by atoms with Gasteiger partial charge in [0.15, 0.2) is 0 Å². The fraction of sp³-hybridized carbons (Fsp3) is 0.316. The predicted molar refractivity (Wildman–Crippen MR) is 98.8 cm³/mol. The highest BCUT2D eigenvalue weighted by molar-refractivity contribution is 8.00. The zero-order valence-electron chi connectivity index (χ0n) is 13.8. The fourth-order valence-electron chi connectivity index (χ4n) is 2.77. The van der Waals surface area contributed by atoms with E-state index in [0.29, 0.717) is 5.25 Å². The number of hydrogen-bond donors (Lipinski definition) is 0. The molecule has 0 radical (unpaired) electrons. The summed E-state index contributed by atoms with van der Waals surface area (Å²) in [5.74, 6) is 0.0795. The molecule has 0 aliphatic carbocycles. The van der Waals surface area contributed by atoms with Crippen molar-refractivity contribution >= 4 is 29.0 Å². The van der Waals surface area contributed by atoms with Crippen molar-refractivity contribution in [2.45, 2.75) is 23.5 Å². The second-order valence-corrected chi connectivity index (χ2v) is 7.57. The molecule has 0 bridgehead atoms. The molecule has 1 unspecified atom stereocenters. The smallest absolute Gasteiger partial charge is 0.258 e. The molecule has 120 valence electrons. The topological polar surface area (TPSA) is 23.6 Å². The summed E-state index contributed by atoms with van der Waals surface area (Å²) in [4.78, 5) is 18.2. The molecule has 4 heteroatoms. The standard InChI is InChI=1S/C19H22N2OS/c1-14-11-12-21(17-9-4-5-10-18(17)23-14)19(22)15-7-6-8-16(13-15)20(2)3/h4-10,13-14H,11-12H2,1-3H3. The maximum atomic E-state index is 13.1. The third-order valence-corrected chi connectivity index (χ3v) is 5.34. The quantitative estimate of drug-likeness (QED) is 0.823. The van der Waals surface area contributed by atoms with Gasteiger partial charge in [0.25, 0.3) is 5.91 Å². The first kappa shape index (κ1) is 15.9. The maximum absolute atomic E-state index is 13.1. The fourth-order valence-corrected chi connectivity index (χ4v) is 3.88. The van der Waals surface area contributed by atoms with E-state index in [2.05, 4.69) is 13.0 Å². The lowest BCUT2D eigenvalue weighted by Gasteiger charge is -2.23. The summed E-state index contributed by atoms with van der Waals surface area (Å²) in [6.45, 7) is 2.98. The van der Waals surface area contributed by atoms with Crippen molar-refractivity contribution in [1.29, 1.82) is 0 Å². The van der Waals surface area contributed by atoms with Crippen LogP contribution in [0, 0.1) is 0 Å². The normalized spacial score (nSPS) is 17.3. The molecule has 0 N–H and O–H groups in total. The third kappa shape index (κ3) is 3.37. The van der Waals surface area contributed by atoms with Gasteiger partial charge in [-0.2, -0.15) is 0 Å². The van der Waals surface area contributed by atoms with E-state index >= 15 is 0 Å². The average Bonchev–Trinajstić information content (AvgIpc) is 2.72. The number of nitrogens with zero attached hydrogens (tertiary/aromatic N) is 2. The second kappa shape index (κ2) is 6.67. The van der Waals surface area contributed by atoms with E-state index in [9.17, 15) is 4.79 Å². The summed E-state index contributed by atoms with van der Waals surface area (Å²) in [5.41, 5.74) is 2.81. The maximum Gasteiger partial charge on any atom is 0.258 e. The number of anilines is 2. The summed E-state index contributed by atoms with van der Waals surface area (Å²) in [5, 5.41) is 0.516. The Morgan fingerprint density at radius 3 is 2.74 bits per heavy atom. The van der Waals surface area contributed by atoms with E-state index in [4.69, 9.17) is 0 Å². The molecule has 0 fully saturated rings. The number of carbonyl (C=O) groups is 1. The molecular formula is C19H22N2OS. The van der Waals surface area contributed by atoms with Gasteiger partial charge in [-0.05, 0) is 36.8 Å². The monoisotopic (exact) mass is 326 g/mol. The van der Waals surface area contributed by atoms with Crippen LogP contribution in [0.4, 0.5) is 11.4 Å². The molecule has 1 heterocycles. The van der Waals surface area contributed by atoms with E-state index in [1.165, 1.54) is 4.90 Å². The molecule has 2 aromatic carbocycles. The zero-order chi connectivity index (χ0) is 16.4. The SMILES string of the molecule is CC1CCN(C(=O)c2cccc(N(C)C)c2)c2ccccc2S1. The molecule has 0 aromatic heterocycles. The third-order valence-electron chi connectivity index (χ3n) is 4.10. The van der Waals surface area contributed by atoms with Crippen LogP contribution < -0.4 is 9.80 Å². The molecule has 0 saturated carbocycles. The minimum Gasteiger partial charge on any atom is -0.378 e. The van der Waals surface area contributed by atoms with Crippen LogP contribution in [0.25, 0.3) is 0 Å². The van der Waals surface area contributed by atoms with Crippen LogP contribution in [0.5, 0.6) is 0 Å². The molecule has 3 rings (SSSR count). The van der Waals surface area contributed by atoms with Crippen molar-refractivity contribution in [2.75, 3.05) is 30.4 Å². The first-order valence-corrected chi connectivity index (χ1v) is 8.79. The first-order chi connectivity index (χ1) is 11.1. The Hall–Kier alpha value is -1.94. The number of amides is 1. The Balaban J connectivity index is 1.97. The Morgan fingerprint density at radius 1 is 1.17 bits per heavy atom. The van der Waals surface area contributed by atoms with Gasteiger partial charge >= 0.3 is 0 Å². The van der Waals surface area contributed by atoms with Crippen molar-refractivity contribution < 1.29 is 4.79 Å². The highest BCUT2D eigenvalue weighted by Crippen LogP contribution is 2.37. The molecule has 1 atom stereocenters. The lowest BCUT2D eigenvalue weighted by atomic mass is 10.1. The highest BCUT2D eigenvalue weighted by atomic mass is 32.2. The van der Waals surface area contributed by atoms with Crippen molar-refractivity contribution in [3.05, 3.63) is 54.1 Å². The van der Waals surface area contributed by atoms with Crippen molar-refractivity contribution in [3.63, 3.8) is 0 Å². The van der Waals surface area contributed by atoms with Crippen LogP contribution in [0.2, 0.25) is 0 Å². The molecule has 2 aromatic rings. The average molecular weight is 326 g/mol. The van der Waals surface area contributed by atoms with Crippen molar-refractivity contribution in [3.8, 4) is 0 Å². The number of rotatable bonds is 2. The van der Waals surface area contributed by atoms with E-state index in [1.807, 2.05) is 78.1 Å². The molecule has 0 spiro atoms. The summed E-state index contributed by atoms with van der Waals surface area (Å²) in [6, 6.07) is 16.0. The van der Waals surface area contributed by atoms with Gasteiger partial charge in [0.2, 0.25) is 0 Å². The molecule has 0 saturated heterocycles. The Morgan fingerprint density at radius 2 is 1.96 bits per heavy atom. The largest absolute Gasteiger partial charge is 0.378 e. The van der Waals surface area contributed by atoms with Crippen LogP contribution in [-0.4, -0.2) is 31.8 Å². The van der Waals surface area contributed by atoms with Crippen LogP contribution >= 0.6 is 11.8 Å². The van der Waals surface area contributed by atoms with E-state index in [1.54, 1.807) is 0 Å². The van der Waals surface area contributed by atoms with Crippen molar-refractivity contribution in [1.82, 2.24) is 0 Å². The Bertz CT molecular complexity index is 714. The minimum atomic E-state index is 0.0795. The molecule has 1 aliphatic heterocycles. The highest BCUT2D eigenvalue weighted by Gasteiger charge is 2.25. The summed E-state index contributed by atoms with van der Waals surface area (Å²) < 4.78 is 0. The van der Waals surface area contributed by atoms with Gasteiger partial charge < -0.3 is 9.80 Å². The Kier molecular flexibility index (Phi) is 4.62. The van der Waals surface area contributed by atoms with Crippen LogP contribution in [-0.2, 0) is 0 Å². The van der Waals surface area contributed by atoms with Crippen LogP contribution in [0.1, 0.15) is 23.7 Å². The lowest BCUT2D eigenvalue weighted by Crippen LogP contribution is -2.32. The predicted octanol–water partition coefficient (Wildman–Crippen LogP) is 4.28. The van der Waals surface area contributed by atoms with Crippen molar-refractivity contribution in [2.24, 2.45) is 0 Å². The minimum absolute atomic E-state index is 0.0795. The van der Waals surface area contributed by atoms with Crippen LogP contribution in [0.3, 0.4) is 0 Å². The number of hydrogen-bond acceptors (Lipinski definition) is 3. The zero-order valence-corrected chi connectivity index (χ0v) is 14.6. The first-order valence-electron chi connectivity index (χ1n) is 7.91. The summed E-state index contributed by atoms with van der Waals surface area (Å²) in [6.07, 6.45) is 0.998. The number of benzene rings is 2. The number of fused-ring (bicyclic) bond motifs is 1. The number of carbonyl (C=O) groups excluding carboxylic acids is 1. The molecule has 23 heavy (non-hydrogen) atoms. The van der Waals surface area contributed by atoms with Gasteiger partial charge in [0, 0.05) is 42.0 Å². The molecule has 1 amide bonds. The molecular weight excluding hydrogens is 304 g/mol.